The zero-order valence-corrected chi connectivity index (χ0v) is 16.9. The molecule has 3 rings (SSSR count). The first-order valence-corrected chi connectivity index (χ1v) is 9.67. The summed E-state index contributed by atoms with van der Waals surface area (Å²) in [6, 6.07) is 11.3. The predicted octanol–water partition coefficient (Wildman–Crippen LogP) is 4.47. The predicted molar refractivity (Wildman–Crippen MR) is 114 cm³/mol. The number of aromatic nitrogens is 1. The maximum absolute atomic E-state index is 12.5. The van der Waals surface area contributed by atoms with Gasteiger partial charge in [-0.1, -0.05) is 12.1 Å². The fourth-order valence-corrected chi connectivity index (χ4v) is 3.31. The minimum atomic E-state index is -0.607. The van der Waals surface area contributed by atoms with Gasteiger partial charge in [0.25, 0.3) is 5.69 Å². The summed E-state index contributed by atoms with van der Waals surface area (Å²) in [6.07, 6.45) is 0. The van der Waals surface area contributed by atoms with Gasteiger partial charge in [-0.25, -0.2) is 4.98 Å². The van der Waals surface area contributed by atoms with E-state index in [4.69, 9.17) is 4.74 Å². The average molecular weight is 412 g/mol. The van der Waals surface area contributed by atoms with E-state index in [9.17, 15) is 14.9 Å². The molecule has 0 aliphatic rings. The maximum atomic E-state index is 12.5. The molecule has 9 heteroatoms. The molecule has 0 bridgehead atoms. The number of nitrogens with one attached hydrogen (secondary N) is 2. The van der Waals surface area contributed by atoms with Crippen molar-refractivity contribution in [3.63, 3.8) is 0 Å². The van der Waals surface area contributed by atoms with Gasteiger partial charge in [0.2, 0.25) is 5.91 Å². The van der Waals surface area contributed by atoms with Gasteiger partial charge in [-0.2, -0.15) is 0 Å². The number of nitro benzene ring substituents is 1. The fraction of sp³-hybridized carbons (Fsp3) is 0.200. The number of rotatable bonds is 7. The molecule has 1 heterocycles. The Balaban J connectivity index is 1.67. The van der Waals surface area contributed by atoms with Crippen LogP contribution in [0.1, 0.15) is 11.9 Å². The van der Waals surface area contributed by atoms with Crippen LogP contribution in [-0.4, -0.2) is 29.0 Å². The van der Waals surface area contributed by atoms with Crippen molar-refractivity contribution in [3.05, 3.63) is 63.0 Å². The van der Waals surface area contributed by atoms with Gasteiger partial charge in [-0.15, -0.1) is 11.3 Å². The number of thiazole rings is 1. The highest BCUT2D eigenvalue weighted by Gasteiger charge is 2.20. The van der Waals surface area contributed by atoms with Gasteiger partial charge in [0, 0.05) is 16.6 Å². The number of aryl methyl sites for hydroxylation is 1. The Hall–Kier alpha value is -3.46. The van der Waals surface area contributed by atoms with Crippen LogP contribution in [-0.2, 0) is 4.79 Å². The summed E-state index contributed by atoms with van der Waals surface area (Å²) in [7, 11) is 1.42. The molecule has 1 atom stereocenters. The molecule has 29 heavy (non-hydrogen) atoms. The van der Waals surface area contributed by atoms with Crippen molar-refractivity contribution in [3.8, 4) is 17.0 Å². The van der Waals surface area contributed by atoms with Crippen molar-refractivity contribution in [1.82, 2.24) is 4.98 Å². The van der Waals surface area contributed by atoms with E-state index in [0.717, 1.165) is 22.0 Å². The Morgan fingerprint density at radius 3 is 2.55 bits per heavy atom. The molecule has 0 aliphatic carbocycles. The van der Waals surface area contributed by atoms with Crippen LogP contribution in [0.3, 0.4) is 0 Å². The highest BCUT2D eigenvalue weighted by Crippen LogP contribution is 2.29. The van der Waals surface area contributed by atoms with Crippen molar-refractivity contribution in [2.45, 2.75) is 19.9 Å². The second kappa shape index (κ2) is 8.70. The number of benzene rings is 2. The first-order chi connectivity index (χ1) is 13.9. The summed E-state index contributed by atoms with van der Waals surface area (Å²) in [6.45, 7) is 3.64. The summed E-state index contributed by atoms with van der Waals surface area (Å²) < 4.78 is 5.00. The molecule has 0 spiro atoms. The highest BCUT2D eigenvalue weighted by molar-refractivity contribution is 7.09. The SMILES string of the molecule is COc1ccc(NC(=O)[C@H](C)Nc2ccc(-c3csc(C)n3)cc2)c([N+](=O)[O-])c1. The molecule has 0 radical (unpaired) electrons. The van der Waals surface area contributed by atoms with Gasteiger partial charge in [-0.05, 0) is 38.1 Å². The van der Waals surface area contributed by atoms with E-state index < -0.39 is 16.9 Å². The first-order valence-electron chi connectivity index (χ1n) is 8.80. The summed E-state index contributed by atoms with van der Waals surface area (Å²) in [5, 5.41) is 19.9. The number of hydrogen-bond acceptors (Lipinski definition) is 7. The zero-order chi connectivity index (χ0) is 21.0. The van der Waals surface area contributed by atoms with Gasteiger partial charge in [0.05, 0.1) is 28.8 Å². The van der Waals surface area contributed by atoms with Crippen LogP contribution in [0.5, 0.6) is 5.75 Å². The lowest BCUT2D eigenvalue weighted by Crippen LogP contribution is -2.32. The molecule has 0 saturated carbocycles. The van der Waals surface area contributed by atoms with E-state index in [0.29, 0.717) is 5.75 Å². The molecule has 0 aliphatic heterocycles. The number of hydrogen-bond donors (Lipinski definition) is 2. The largest absolute Gasteiger partial charge is 0.496 e. The molecule has 0 saturated heterocycles. The monoisotopic (exact) mass is 412 g/mol. The molecular formula is C20H20N4O4S. The average Bonchev–Trinajstić information content (AvgIpc) is 3.15. The van der Waals surface area contributed by atoms with E-state index in [-0.39, 0.29) is 11.4 Å². The number of ether oxygens (including phenoxy) is 1. The lowest BCUT2D eigenvalue weighted by atomic mass is 10.1. The summed E-state index contributed by atoms with van der Waals surface area (Å²) in [5.74, 6) is -0.0475. The first kappa shape index (κ1) is 20.3. The Morgan fingerprint density at radius 2 is 1.97 bits per heavy atom. The Bertz CT molecular complexity index is 1030. The molecule has 1 amide bonds. The number of amides is 1. The summed E-state index contributed by atoms with van der Waals surface area (Å²) in [5.41, 5.74) is 2.55. The normalized spacial score (nSPS) is 11.6. The molecule has 2 N–H and O–H groups in total. The minimum absolute atomic E-state index is 0.115. The van der Waals surface area contributed by atoms with Gasteiger partial charge in [-0.3, -0.25) is 14.9 Å². The van der Waals surface area contributed by atoms with Crippen LogP contribution in [0.2, 0.25) is 0 Å². The molecule has 0 unspecified atom stereocenters. The topological polar surface area (TPSA) is 106 Å². The van der Waals surface area contributed by atoms with Crippen LogP contribution in [0, 0.1) is 17.0 Å². The molecular weight excluding hydrogens is 392 g/mol. The summed E-state index contributed by atoms with van der Waals surface area (Å²) in [4.78, 5) is 27.7. The molecule has 2 aromatic carbocycles. The summed E-state index contributed by atoms with van der Waals surface area (Å²) >= 11 is 1.59. The second-order valence-corrected chi connectivity index (χ2v) is 7.39. The number of carbonyl (C=O) groups is 1. The Labute approximate surface area is 171 Å². The van der Waals surface area contributed by atoms with Gasteiger partial charge in [0.1, 0.15) is 17.5 Å². The highest BCUT2D eigenvalue weighted by atomic mass is 32.1. The van der Waals surface area contributed by atoms with Crippen LogP contribution in [0.25, 0.3) is 11.3 Å². The smallest absolute Gasteiger partial charge is 0.296 e. The van der Waals surface area contributed by atoms with Gasteiger partial charge in [0.15, 0.2) is 0 Å². The number of methoxy groups -OCH3 is 1. The third kappa shape index (κ3) is 4.88. The van der Waals surface area contributed by atoms with Gasteiger partial charge >= 0.3 is 0 Å². The van der Waals surface area contributed by atoms with E-state index in [2.05, 4.69) is 15.6 Å². The number of carbonyl (C=O) groups excluding carboxylic acids is 1. The van der Waals surface area contributed by atoms with E-state index in [1.807, 2.05) is 36.6 Å². The van der Waals surface area contributed by atoms with Crippen molar-refractivity contribution in [2.75, 3.05) is 17.7 Å². The third-order valence-corrected chi connectivity index (χ3v) is 5.01. The van der Waals surface area contributed by atoms with Crippen LogP contribution >= 0.6 is 11.3 Å². The molecule has 150 valence electrons. The Morgan fingerprint density at radius 1 is 1.24 bits per heavy atom. The maximum Gasteiger partial charge on any atom is 0.296 e. The Kier molecular flexibility index (Phi) is 6.08. The standard InChI is InChI=1S/C20H20N4O4S/c1-12(20(25)23-17-9-8-16(28-3)10-19(17)24(26)27)21-15-6-4-14(5-7-15)18-11-29-13(2)22-18/h4-12,21H,1-3H3,(H,23,25)/t12-/m0/s1. The number of nitro groups is 1. The van der Waals surface area contributed by atoms with E-state index >= 15 is 0 Å². The van der Waals surface area contributed by atoms with Crippen molar-refractivity contribution < 1.29 is 14.5 Å². The third-order valence-electron chi connectivity index (χ3n) is 4.24. The molecule has 3 aromatic rings. The molecule has 8 nitrogen and oxygen atoms in total. The second-order valence-electron chi connectivity index (χ2n) is 6.32. The van der Waals surface area contributed by atoms with Gasteiger partial charge < -0.3 is 15.4 Å². The van der Waals surface area contributed by atoms with E-state index in [1.165, 1.54) is 19.2 Å². The van der Waals surface area contributed by atoms with Crippen molar-refractivity contribution >= 4 is 34.3 Å². The zero-order valence-electron chi connectivity index (χ0n) is 16.1. The van der Waals surface area contributed by atoms with E-state index in [1.54, 1.807) is 24.3 Å². The lowest BCUT2D eigenvalue weighted by molar-refractivity contribution is -0.384. The van der Waals surface area contributed by atoms with Crippen LogP contribution < -0.4 is 15.4 Å². The lowest BCUT2D eigenvalue weighted by Gasteiger charge is -2.16. The number of nitrogens with zero attached hydrogens (tertiary/aromatic N) is 2. The molecule has 1 aromatic heterocycles. The van der Waals surface area contributed by atoms with Crippen LogP contribution in [0.4, 0.5) is 17.1 Å². The van der Waals surface area contributed by atoms with Crippen molar-refractivity contribution in [1.29, 1.82) is 0 Å². The molecule has 0 fully saturated rings. The fourth-order valence-electron chi connectivity index (χ4n) is 2.68. The van der Waals surface area contributed by atoms with Crippen LogP contribution in [0.15, 0.2) is 47.8 Å². The number of anilines is 2. The van der Waals surface area contributed by atoms with Crippen molar-refractivity contribution in [2.24, 2.45) is 0 Å². The minimum Gasteiger partial charge on any atom is -0.496 e. The quantitative estimate of drug-likeness (QED) is 0.438.